The molecule has 1 aromatic heterocycles. The normalized spacial score (nSPS) is 11.5. The summed E-state index contributed by atoms with van der Waals surface area (Å²) in [7, 11) is 0. The summed E-state index contributed by atoms with van der Waals surface area (Å²) >= 11 is 0. The average Bonchev–Trinajstić information content (AvgIpc) is 2.90. The number of unbranched alkanes of at least 4 members (excludes halogenated alkanes) is 1. The van der Waals surface area contributed by atoms with Gasteiger partial charge in [-0.25, -0.2) is 9.37 Å². The monoisotopic (exact) mass is 488 g/mol. The smallest absolute Gasteiger partial charge is 0.253 e. The molecule has 0 saturated heterocycles. The van der Waals surface area contributed by atoms with E-state index in [1.165, 1.54) is 12.1 Å². The van der Waals surface area contributed by atoms with Gasteiger partial charge in [0.15, 0.2) is 0 Å². The van der Waals surface area contributed by atoms with Crippen LogP contribution in [0.1, 0.15) is 52.9 Å². The number of hydrogen-bond donors (Lipinski definition) is 4. The number of aliphatic hydroxyl groups excluding tert-OH is 2. The first kappa shape index (κ1) is 26.7. The summed E-state index contributed by atoms with van der Waals surface area (Å²) in [5, 5.41) is 39.9. The number of halogens is 1. The lowest BCUT2D eigenvalue weighted by molar-refractivity contribution is 0.0906. The fraction of sp³-hybridized carbons (Fsp3) is 0.286. The molecule has 0 bridgehead atoms. The van der Waals surface area contributed by atoms with Crippen molar-refractivity contribution in [1.29, 1.82) is 10.7 Å². The van der Waals surface area contributed by atoms with Crippen LogP contribution in [0.2, 0.25) is 0 Å². The number of nitrogens with one attached hydrogen (secondary N) is 2. The van der Waals surface area contributed by atoms with Gasteiger partial charge in [0.05, 0.1) is 40.4 Å². The second kappa shape index (κ2) is 13.2. The van der Waals surface area contributed by atoms with E-state index in [-0.39, 0.29) is 42.4 Å². The third-order valence-electron chi connectivity index (χ3n) is 5.75. The van der Waals surface area contributed by atoms with E-state index in [9.17, 15) is 19.6 Å². The van der Waals surface area contributed by atoms with Gasteiger partial charge in [0.2, 0.25) is 0 Å². The maximum Gasteiger partial charge on any atom is 0.253 e. The predicted octanol–water partition coefficient (Wildman–Crippen LogP) is 4.01. The minimum atomic E-state index is -0.758. The molecular formula is C28H29FN4O3. The predicted molar refractivity (Wildman–Crippen MR) is 135 cm³/mol. The van der Waals surface area contributed by atoms with Crippen molar-refractivity contribution in [3.05, 3.63) is 88.9 Å². The average molecular weight is 489 g/mol. The molecule has 1 atom stereocenters. The van der Waals surface area contributed by atoms with Gasteiger partial charge in [-0.05, 0) is 68.0 Å². The number of hydrogen-bond acceptors (Lipinski definition) is 6. The Bertz CT molecular complexity index is 1260. The van der Waals surface area contributed by atoms with Crippen LogP contribution in [-0.2, 0) is 6.42 Å². The molecule has 8 heteroatoms. The van der Waals surface area contributed by atoms with Crippen molar-refractivity contribution in [2.24, 2.45) is 0 Å². The molecule has 1 amide bonds. The molecule has 0 saturated carbocycles. The van der Waals surface area contributed by atoms with E-state index >= 15 is 0 Å². The van der Waals surface area contributed by atoms with Gasteiger partial charge in [0.25, 0.3) is 5.91 Å². The van der Waals surface area contributed by atoms with Crippen LogP contribution in [0.25, 0.3) is 11.3 Å². The number of pyridine rings is 1. The van der Waals surface area contributed by atoms with Gasteiger partial charge in [-0.1, -0.05) is 30.3 Å². The van der Waals surface area contributed by atoms with E-state index in [4.69, 9.17) is 10.5 Å². The zero-order valence-corrected chi connectivity index (χ0v) is 19.9. The topological polar surface area (TPSA) is 130 Å². The van der Waals surface area contributed by atoms with Crippen LogP contribution in [0.15, 0.2) is 60.7 Å². The van der Waals surface area contributed by atoms with E-state index < -0.39 is 12.0 Å². The highest BCUT2D eigenvalue weighted by molar-refractivity contribution is 6.08. The van der Waals surface area contributed by atoms with Crippen LogP contribution < -0.4 is 5.32 Å². The third kappa shape index (κ3) is 7.28. The zero-order chi connectivity index (χ0) is 25.9. The number of benzene rings is 2. The highest BCUT2D eigenvalue weighted by Crippen LogP contribution is 2.24. The van der Waals surface area contributed by atoms with Gasteiger partial charge in [-0.15, -0.1) is 0 Å². The number of nitriles is 1. The Hall–Kier alpha value is -3.93. The SMILES string of the molecule is N#Cc1ccccc1-c1ccc(C(=O)NCC(O)CCCCO)c(C(=N)CCc2cccc(F)c2)n1. The van der Waals surface area contributed by atoms with Crippen molar-refractivity contribution in [3.63, 3.8) is 0 Å². The van der Waals surface area contributed by atoms with Crippen LogP contribution in [0.4, 0.5) is 4.39 Å². The Labute approximate surface area is 209 Å². The molecule has 1 unspecified atom stereocenters. The van der Waals surface area contributed by atoms with Gasteiger partial charge < -0.3 is 20.9 Å². The second-order valence-corrected chi connectivity index (χ2v) is 8.44. The Morgan fingerprint density at radius 1 is 1.14 bits per heavy atom. The molecule has 4 N–H and O–H groups in total. The van der Waals surface area contributed by atoms with Crippen molar-refractivity contribution in [1.82, 2.24) is 10.3 Å². The molecule has 1 heterocycles. The molecule has 0 fully saturated rings. The van der Waals surface area contributed by atoms with Gasteiger partial charge in [-0.2, -0.15) is 5.26 Å². The second-order valence-electron chi connectivity index (χ2n) is 8.44. The van der Waals surface area contributed by atoms with Crippen LogP contribution in [0.3, 0.4) is 0 Å². The van der Waals surface area contributed by atoms with Crippen molar-refractivity contribution >= 4 is 11.6 Å². The molecule has 7 nitrogen and oxygen atoms in total. The number of amides is 1. The van der Waals surface area contributed by atoms with Crippen LogP contribution in [0, 0.1) is 22.6 Å². The van der Waals surface area contributed by atoms with E-state index in [0.29, 0.717) is 42.5 Å². The van der Waals surface area contributed by atoms with E-state index in [0.717, 1.165) is 5.56 Å². The van der Waals surface area contributed by atoms with Gasteiger partial charge in [0, 0.05) is 18.7 Å². The Morgan fingerprint density at radius 2 is 1.94 bits per heavy atom. The Balaban J connectivity index is 1.86. The molecule has 3 aromatic rings. The van der Waals surface area contributed by atoms with E-state index in [2.05, 4.69) is 16.4 Å². The molecule has 0 aliphatic carbocycles. The van der Waals surface area contributed by atoms with Crippen molar-refractivity contribution < 1.29 is 19.4 Å². The van der Waals surface area contributed by atoms with Crippen molar-refractivity contribution in [3.8, 4) is 17.3 Å². The summed E-state index contributed by atoms with van der Waals surface area (Å²) < 4.78 is 13.6. The fourth-order valence-corrected chi connectivity index (χ4v) is 3.81. The summed E-state index contributed by atoms with van der Waals surface area (Å²) in [4.78, 5) is 17.6. The highest BCUT2D eigenvalue weighted by atomic mass is 19.1. The quantitative estimate of drug-likeness (QED) is 0.226. The fourth-order valence-electron chi connectivity index (χ4n) is 3.81. The Kier molecular flexibility index (Phi) is 9.81. The number of aromatic nitrogens is 1. The van der Waals surface area contributed by atoms with Gasteiger partial charge in [-0.3, -0.25) is 4.79 Å². The maximum atomic E-state index is 13.6. The molecule has 0 radical (unpaired) electrons. The summed E-state index contributed by atoms with van der Waals surface area (Å²) in [6.07, 6.45) is 1.52. The maximum absolute atomic E-state index is 13.6. The lowest BCUT2D eigenvalue weighted by Gasteiger charge is -2.15. The molecule has 0 aliphatic heterocycles. The number of rotatable bonds is 12. The first-order valence-electron chi connectivity index (χ1n) is 11.8. The minimum absolute atomic E-state index is 0.0271. The third-order valence-corrected chi connectivity index (χ3v) is 5.75. The first-order chi connectivity index (χ1) is 17.4. The summed E-state index contributed by atoms with van der Waals surface area (Å²) in [5.74, 6) is -0.834. The lowest BCUT2D eigenvalue weighted by Crippen LogP contribution is -2.33. The molecule has 0 spiro atoms. The number of aliphatic hydroxyl groups is 2. The zero-order valence-electron chi connectivity index (χ0n) is 19.9. The standard InChI is InChI=1S/C28H29FN4O3/c29-21-8-5-6-19(16-21)11-13-25(31)27-24(28(36)32-18-22(35)9-3-4-15-34)12-14-26(33-27)23-10-2-1-7-20(23)17-30/h1-2,5-8,10,12,14,16,22,31,34-35H,3-4,9,11,13,15,18H2,(H,32,36). The first-order valence-corrected chi connectivity index (χ1v) is 11.8. The summed E-state index contributed by atoms with van der Waals surface area (Å²) in [6.45, 7) is 0.0759. The van der Waals surface area contributed by atoms with Gasteiger partial charge in [0.1, 0.15) is 5.82 Å². The number of carbonyl (C=O) groups is 1. The highest BCUT2D eigenvalue weighted by Gasteiger charge is 2.19. The molecule has 0 aliphatic rings. The largest absolute Gasteiger partial charge is 0.396 e. The molecule has 186 valence electrons. The van der Waals surface area contributed by atoms with Crippen molar-refractivity contribution in [2.75, 3.05) is 13.2 Å². The van der Waals surface area contributed by atoms with E-state index in [1.807, 2.05) is 0 Å². The van der Waals surface area contributed by atoms with Crippen molar-refractivity contribution in [2.45, 2.75) is 38.2 Å². The minimum Gasteiger partial charge on any atom is -0.396 e. The van der Waals surface area contributed by atoms with Crippen LogP contribution in [-0.4, -0.2) is 46.1 Å². The van der Waals surface area contributed by atoms with E-state index in [1.54, 1.807) is 48.5 Å². The van der Waals surface area contributed by atoms with Gasteiger partial charge >= 0.3 is 0 Å². The number of carbonyl (C=O) groups excluding carboxylic acids is 1. The molecule has 2 aromatic carbocycles. The molecular weight excluding hydrogens is 459 g/mol. The summed E-state index contributed by atoms with van der Waals surface area (Å²) in [5.41, 5.74) is 2.64. The Morgan fingerprint density at radius 3 is 2.69 bits per heavy atom. The summed E-state index contributed by atoms with van der Waals surface area (Å²) in [6, 6.07) is 18.4. The number of aryl methyl sites for hydroxylation is 1. The van der Waals surface area contributed by atoms with Crippen LogP contribution >= 0.6 is 0 Å². The lowest BCUT2D eigenvalue weighted by atomic mass is 9.99. The number of nitrogens with zero attached hydrogens (tertiary/aromatic N) is 2. The molecule has 36 heavy (non-hydrogen) atoms. The molecule has 3 rings (SSSR count). The van der Waals surface area contributed by atoms with Crippen LogP contribution in [0.5, 0.6) is 0 Å².